The average molecular weight is 269 g/mol. The summed E-state index contributed by atoms with van der Waals surface area (Å²) in [5.74, 6) is -0.309. The van der Waals surface area contributed by atoms with Gasteiger partial charge in [0.1, 0.15) is 12.6 Å². The van der Waals surface area contributed by atoms with Gasteiger partial charge in [0.15, 0.2) is 0 Å². The summed E-state index contributed by atoms with van der Waals surface area (Å²) >= 11 is 0. The number of nitrogens with zero attached hydrogens (tertiary/aromatic N) is 1. The van der Waals surface area contributed by atoms with E-state index >= 15 is 0 Å². The Bertz CT molecular complexity index is 302. The van der Waals surface area contributed by atoms with E-state index in [0.717, 1.165) is 0 Å². The van der Waals surface area contributed by atoms with E-state index in [-0.39, 0.29) is 11.9 Å². The molecule has 0 aliphatic heterocycles. The molecule has 1 unspecified atom stereocenters. The molecule has 0 bridgehead atoms. The number of likely N-dealkylation sites (N-methyl/N-ethyl adjacent to an activating group) is 1. The zero-order valence-electron chi connectivity index (χ0n) is 11.0. The summed E-state index contributed by atoms with van der Waals surface area (Å²) in [5.41, 5.74) is 0. The minimum atomic E-state index is -4.11. The van der Waals surface area contributed by atoms with E-state index in [1.54, 1.807) is 14.2 Å². The maximum Gasteiger partial charge on any atom is 0.129 e. The first kappa shape index (κ1) is 16.8. The normalized spacial score (nSPS) is 14.9. The van der Waals surface area contributed by atoms with E-state index in [2.05, 4.69) is 0 Å². The molecule has 6 nitrogen and oxygen atoms in total. The monoisotopic (exact) mass is 269 g/mol. The summed E-state index contributed by atoms with van der Waals surface area (Å²) in [5, 5.41) is 0. The maximum atomic E-state index is 10.5. The summed E-state index contributed by atoms with van der Waals surface area (Å²) in [6.45, 7) is 1.83. The summed E-state index contributed by atoms with van der Waals surface area (Å²) in [7, 11) is 3.06. The van der Waals surface area contributed by atoms with Gasteiger partial charge in [-0.3, -0.25) is 0 Å². The molecule has 0 aliphatic rings. The molecule has 0 rings (SSSR count). The van der Waals surface area contributed by atoms with Gasteiger partial charge in [0, 0.05) is 26.4 Å². The van der Waals surface area contributed by atoms with Gasteiger partial charge in [-0.05, 0) is 0 Å². The highest BCUT2D eigenvalue weighted by atomic mass is 32.2. The Hall–Kier alpha value is -0.210. The van der Waals surface area contributed by atoms with Crippen LogP contribution in [0.2, 0.25) is 0 Å². The molecule has 0 fully saturated rings. The van der Waals surface area contributed by atoms with Gasteiger partial charge >= 0.3 is 0 Å². The van der Waals surface area contributed by atoms with Crippen molar-refractivity contribution >= 4 is 10.1 Å². The molecule has 0 radical (unpaired) electrons. The largest absolute Gasteiger partial charge is 0.748 e. The topological polar surface area (TPSA) is 75.7 Å². The fraction of sp³-hybridized carbons (Fsp3) is 1.00. The number of hydrogen-bond acceptors (Lipinski definition) is 5. The Morgan fingerprint density at radius 2 is 1.88 bits per heavy atom. The Balaban J connectivity index is 4.09. The minimum absolute atomic E-state index is 0.0288. The standard InChI is InChI=1S/C10H23NO5S/c1-11(2,6-5-7-17(12,13)14)8-10(16-4)9-15-3/h10H,5-9H2,1-4H3. The molecule has 0 heterocycles. The Morgan fingerprint density at radius 3 is 2.29 bits per heavy atom. The highest BCUT2D eigenvalue weighted by Crippen LogP contribution is 2.05. The average Bonchev–Trinajstić information content (AvgIpc) is 2.14. The molecule has 0 saturated heterocycles. The van der Waals surface area contributed by atoms with Gasteiger partial charge in [0.2, 0.25) is 0 Å². The van der Waals surface area contributed by atoms with Crippen molar-refractivity contribution in [2.24, 2.45) is 0 Å². The van der Waals surface area contributed by atoms with Crippen molar-refractivity contribution in [2.75, 3.05) is 53.8 Å². The third-order valence-corrected chi connectivity index (χ3v) is 3.33. The van der Waals surface area contributed by atoms with Crippen molar-refractivity contribution in [3.8, 4) is 0 Å². The Labute approximate surface area is 104 Å². The smallest absolute Gasteiger partial charge is 0.129 e. The molecule has 0 saturated carbocycles. The van der Waals surface area contributed by atoms with Gasteiger partial charge < -0.3 is 18.5 Å². The van der Waals surface area contributed by atoms with E-state index in [4.69, 9.17) is 9.47 Å². The van der Waals surface area contributed by atoms with Crippen molar-refractivity contribution in [1.29, 1.82) is 0 Å². The molecule has 0 amide bonds. The molecule has 104 valence electrons. The zero-order valence-corrected chi connectivity index (χ0v) is 11.8. The van der Waals surface area contributed by atoms with Crippen LogP contribution in [0, 0.1) is 0 Å². The maximum absolute atomic E-state index is 10.5. The minimum Gasteiger partial charge on any atom is -0.748 e. The van der Waals surface area contributed by atoms with Gasteiger partial charge in [-0.2, -0.15) is 0 Å². The van der Waals surface area contributed by atoms with Crippen LogP contribution in [0.15, 0.2) is 0 Å². The molecule has 0 aromatic heterocycles. The second-order valence-corrected chi connectivity index (χ2v) is 6.29. The van der Waals surface area contributed by atoms with Crippen molar-refractivity contribution in [3.05, 3.63) is 0 Å². The SMILES string of the molecule is COCC(C[N+](C)(C)CCCS(=O)(=O)[O-])OC. The zero-order chi connectivity index (χ0) is 13.5. The summed E-state index contributed by atoms with van der Waals surface area (Å²) < 4.78 is 42.3. The lowest BCUT2D eigenvalue weighted by Crippen LogP contribution is -2.48. The fourth-order valence-corrected chi connectivity index (χ4v) is 2.18. The third-order valence-electron chi connectivity index (χ3n) is 2.54. The van der Waals surface area contributed by atoms with Crippen LogP contribution in [0.1, 0.15) is 6.42 Å². The predicted molar refractivity (Wildman–Crippen MR) is 63.7 cm³/mol. The first-order valence-electron chi connectivity index (χ1n) is 5.47. The molecular formula is C10H23NO5S. The predicted octanol–water partition coefficient (Wildman–Crippen LogP) is -0.340. The number of rotatable bonds is 9. The molecule has 7 heteroatoms. The van der Waals surface area contributed by atoms with Crippen LogP contribution in [-0.2, 0) is 19.6 Å². The van der Waals surface area contributed by atoms with Gasteiger partial charge in [0.05, 0.1) is 37.4 Å². The third kappa shape index (κ3) is 9.49. The molecule has 1 atom stereocenters. The van der Waals surface area contributed by atoms with E-state index in [0.29, 0.717) is 30.6 Å². The van der Waals surface area contributed by atoms with Crippen LogP contribution < -0.4 is 0 Å². The molecule has 0 aliphatic carbocycles. The van der Waals surface area contributed by atoms with E-state index in [1.807, 2.05) is 14.1 Å². The van der Waals surface area contributed by atoms with Crippen LogP contribution in [0.25, 0.3) is 0 Å². The second kappa shape index (κ2) is 7.27. The van der Waals surface area contributed by atoms with E-state index in [9.17, 15) is 13.0 Å². The van der Waals surface area contributed by atoms with Crippen LogP contribution in [0.3, 0.4) is 0 Å². The first-order chi connectivity index (χ1) is 7.70. The lowest BCUT2D eigenvalue weighted by Gasteiger charge is -2.33. The van der Waals surface area contributed by atoms with Crippen molar-refractivity contribution in [3.63, 3.8) is 0 Å². The number of methoxy groups -OCH3 is 2. The lowest BCUT2D eigenvalue weighted by molar-refractivity contribution is -0.893. The van der Waals surface area contributed by atoms with Gasteiger partial charge in [-0.1, -0.05) is 0 Å². The highest BCUT2D eigenvalue weighted by Gasteiger charge is 2.21. The Kier molecular flexibility index (Phi) is 7.18. The molecule has 17 heavy (non-hydrogen) atoms. The van der Waals surface area contributed by atoms with Crippen molar-refractivity contribution in [1.82, 2.24) is 0 Å². The van der Waals surface area contributed by atoms with Crippen LogP contribution in [0.4, 0.5) is 0 Å². The fourth-order valence-electron chi connectivity index (χ4n) is 1.69. The number of quaternary nitrogens is 1. The highest BCUT2D eigenvalue weighted by molar-refractivity contribution is 7.85. The summed E-state index contributed by atoms with van der Waals surface area (Å²) in [6.07, 6.45) is 0.335. The van der Waals surface area contributed by atoms with Gasteiger partial charge in [0.25, 0.3) is 0 Å². The molecule has 0 aromatic carbocycles. The number of ether oxygens (including phenoxy) is 2. The van der Waals surface area contributed by atoms with Gasteiger partial charge in [-0.15, -0.1) is 0 Å². The number of hydrogen-bond donors (Lipinski definition) is 0. The van der Waals surface area contributed by atoms with E-state index in [1.165, 1.54) is 0 Å². The molecule has 0 N–H and O–H groups in total. The van der Waals surface area contributed by atoms with Crippen molar-refractivity contribution in [2.45, 2.75) is 12.5 Å². The molecule has 0 spiro atoms. The van der Waals surface area contributed by atoms with E-state index < -0.39 is 10.1 Å². The summed E-state index contributed by atoms with van der Waals surface area (Å²) in [4.78, 5) is 0. The van der Waals surface area contributed by atoms with Crippen molar-refractivity contribution < 1.29 is 26.9 Å². The Morgan fingerprint density at radius 1 is 1.29 bits per heavy atom. The quantitative estimate of drug-likeness (QED) is 0.423. The lowest BCUT2D eigenvalue weighted by atomic mass is 10.3. The van der Waals surface area contributed by atoms with Crippen LogP contribution >= 0.6 is 0 Å². The molecular weight excluding hydrogens is 246 g/mol. The second-order valence-electron chi connectivity index (χ2n) is 4.77. The van der Waals surface area contributed by atoms with Crippen LogP contribution in [-0.4, -0.2) is 77.3 Å². The summed E-state index contributed by atoms with van der Waals surface area (Å²) in [6, 6.07) is 0. The first-order valence-corrected chi connectivity index (χ1v) is 7.05. The molecule has 0 aromatic rings. The van der Waals surface area contributed by atoms with Crippen LogP contribution in [0.5, 0.6) is 0 Å². The van der Waals surface area contributed by atoms with Gasteiger partial charge in [-0.25, -0.2) is 8.42 Å².